The van der Waals surface area contributed by atoms with Crippen LogP contribution in [0.1, 0.15) is 36.8 Å². The van der Waals surface area contributed by atoms with E-state index in [1.807, 2.05) is 30.3 Å². The van der Waals surface area contributed by atoms with E-state index in [-0.39, 0.29) is 30.5 Å². The quantitative estimate of drug-likeness (QED) is 0.385. The summed E-state index contributed by atoms with van der Waals surface area (Å²) in [6.45, 7) is -0.715. The number of nitrogens with one attached hydrogen (secondary N) is 1. The van der Waals surface area contributed by atoms with E-state index in [1.54, 1.807) is 48.5 Å². The number of hydrogen-bond donors (Lipinski definition) is 1. The van der Waals surface area contributed by atoms with Crippen LogP contribution in [0.4, 0.5) is 10.1 Å². The van der Waals surface area contributed by atoms with E-state index in [1.165, 1.54) is 11.0 Å². The first-order valence-corrected chi connectivity index (χ1v) is 15.0. The Morgan fingerprint density at radius 3 is 2.13 bits per heavy atom. The van der Waals surface area contributed by atoms with Crippen molar-refractivity contribution < 1.29 is 22.4 Å². The number of benzene rings is 3. The van der Waals surface area contributed by atoms with Crippen LogP contribution in [-0.2, 0) is 32.6 Å². The van der Waals surface area contributed by atoms with Crippen LogP contribution in [0.25, 0.3) is 0 Å². The molecule has 0 radical (unpaired) electrons. The van der Waals surface area contributed by atoms with E-state index in [4.69, 9.17) is 0 Å². The molecule has 0 aromatic heterocycles. The van der Waals surface area contributed by atoms with Gasteiger partial charge in [0.2, 0.25) is 21.8 Å². The number of hydrogen-bond acceptors (Lipinski definition) is 4. The standard InChI is InChI=1S/C30H34FN3O4S/c1-39(37,38)34(26-17-6-3-7-18-26)22-29(35)33(21-24-14-8-11-19-27(24)31)28(20-23-12-4-2-5-13-23)30(36)32-25-15-9-10-16-25/h2-8,11-14,17-19,25,28H,9-10,15-16,20-22H2,1H3,(H,32,36)/t28-/m1/s1. The van der Waals surface area contributed by atoms with Crippen molar-refractivity contribution in [1.29, 1.82) is 0 Å². The van der Waals surface area contributed by atoms with Crippen LogP contribution in [0.3, 0.4) is 0 Å². The summed E-state index contributed by atoms with van der Waals surface area (Å²) in [5.74, 6) is -1.44. The van der Waals surface area contributed by atoms with E-state index < -0.39 is 34.3 Å². The van der Waals surface area contributed by atoms with Crippen LogP contribution in [0.5, 0.6) is 0 Å². The van der Waals surface area contributed by atoms with Gasteiger partial charge in [-0.05, 0) is 36.6 Å². The molecule has 1 saturated carbocycles. The molecule has 0 aliphatic heterocycles. The van der Waals surface area contributed by atoms with Gasteiger partial charge in [0.15, 0.2) is 0 Å². The zero-order chi connectivity index (χ0) is 27.8. The molecule has 3 aromatic carbocycles. The second-order valence-electron chi connectivity index (χ2n) is 9.91. The number of para-hydroxylation sites is 1. The predicted octanol–water partition coefficient (Wildman–Crippen LogP) is 4.29. The fraction of sp³-hybridized carbons (Fsp3) is 0.333. The van der Waals surface area contributed by atoms with E-state index >= 15 is 0 Å². The maximum absolute atomic E-state index is 14.8. The van der Waals surface area contributed by atoms with Gasteiger partial charge in [-0.1, -0.05) is 79.6 Å². The lowest BCUT2D eigenvalue weighted by atomic mass is 10.0. The number of carbonyl (C=O) groups is 2. The summed E-state index contributed by atoms with van der Waals surface area (Å²) in [7, 11) is -3.84. The van der Waals surface area contributed by atoms with Crippen LogP contribution < -0.4 is 9.62 Å². The Labute approximate surface area is 229 Å². The Hall–Kier alpha value is -3.72. The van der Waals surface area contributed by atoms with E-state index in [0.29, 0.717) is 5.69 Å². The van der Waals surface area contributed by atoms with Crippen molar-refractivity contribution in [2.24, 2.45) is 0 Å². The highest BCUT2D eigenvalue weighted by atomic mass is 32.2. The van der Waals surface area contributed by atoms with Crippen LogP contribution in [0, 0.1) is 5.82 Å². The number of sulfonamides is 1. The van der Waals surface area contributed by atoms with E-state index in [9.17, 15) is 22.4 Å². The van der Waals surface area contributed by atoms with Crippen molar-refractivity contribution in [3.63, 3.8) is 0 Å². The summed E-state index contributed by atoms with van der Waals surface area (Å²) in [4.78, 5) is 29.0. The number of halogens is 1. The Kier molecular flexibility index (Phi) is 9.35. The van der Waals surface area contributed by atoms with Gasteiger partial charge in [0.25, 0.3) is 0 Å². The van der Waals surface area contributed by atoms with Crippen LogP contribution in [-0.4, -0.2) is 50.0 Å². The Balaban J connectivity index is 1.72. The zero-order valence-corrected chi connectivity index (χ0v) is 22.8. The molecule has 4 rings (SSSR count). The van der Waals surface area contributed by atoms with E-state index in [2.05, 4.69) is 5.32 Å². The molecule has 1 aliphatic carbocycles. The van der Waals surface area contributed by atoms with Crippen molar-refractivity contribution in [2.75, 3.05) is 17.1 Å². The Morgan fingerprint density at radius 2 is 1.51 bits per heavy atom. The average molecular weight is 552 g/mol. The SMILES string of the molecule is CS(=O)(=O)N(CC(=O)N(Cc1ccccc1F)[C@H](Cc1ccccc1)C(=O)NC1CCCC1)c1ccccc1. The van der Waals surface area contributed by atoms with Gasteiger partial charge in [-0.25, -0.2) is 12.8 Å². The Morgan fingerprint density at radius 1 is 0.923 bits per heavy atom. The van der Waals surface area contributed by atoms with E-state index in [0.717, 1.165) is 41.8 Å². The van der Waals surface area contributed by atoms with Crippen LogP contribution in [0.2, 0.25) is 0 Å². The van der Waals surface area contributed by atoms with Gasteiger partial charge in [-0.15, -0.1) is 0 Å². The number of nitrogens with zero attached hydrogens (tertiary/aromatic N) is 2. The summed E-state index contributed by atoms with van der Waals surface area (Å²) >= 11 is 0. The van der Waals surface area contributed by atoms with Crippen molar-refractivity contribution in [1.82, 2.24) is 10.2 Å². The van der Waals surface area contributed by atoms with Gasteiger partial charge in [-0.2, -0.15) is 0 Å². The topological polar surface area (TPSA) is 86.8 Å². The molecule has 9 heteroatoms. The first kappa shape index (κ1) is 28.3. The molecule has 1 N–H and O–H groups in total. The lowest BCUT2D eigenvalue weighted by Gasteiger charge is -2.34. The largest absolute Gasteiger partial charge is 0.352 e. The molecule has 2 amide bonds. The van der Waals surface area contributed by atoms with Gasteiger partial charge in [0.05, 0.1) is 11.9 Å². The van der Waals surface area contributed by atoms with Gasteiger partial charge in [0, 0.05) is 24.6 Å². The third-order valence-corrected chi connectivity index (χ3v) is 8.14. The molecule has 3 aromatic rings. The normalized spacial score (nSPS) is 14.5. The third kappa shape index (κ3) is 7.66. The van der Waals surface area contributed by atoms with Crippen LogP contribution >= 0.6 is 0 Å². The summed E-state index contributed by atoms with van der Waals surface area (Å²) in [6.07, 6.45) is 4.99. The van der Waals surface area contributed by atoms with Gasteiger partial charge in [0.1, 0.15) is 18.4 Å². The first-order chi connectivity index (χ1) is 18.7. The zero-order valence-electron chi connectivity index (χ0n) is 22.0. The van der Waals surface area contributed by atoms with Crippen molar-refractivity contribution in [3.05, 3.63) is 102 Å². The molecule has 0 heterocycles. The third-order valence-electron chi connectivity index (χ3n) is 6.99. The summed E-state index contributed by atoms with van der Waals surface area (Å²) in [5, 5.41) is 3.09. The second kappa shape index (κ2) is 12.9. The lowest BCUT2D eigenvalue weighted by molar-refractivity contribution is -0.140. The average Bonchev–Trinajstić information content (AvgIpc) is 3.43. The Bertz CT molecular complexity index is 1360. The summed E-state index contributed by atoms with van der Waals surface area (Å²) < 4.78 is 41.3. The fourth-order valence-electron chi connectivity index (χ4n) is 4.94. The fourth-order valence-corrected chi connectivity index (χ4v) is 5.79. The summed E-state index contributed by atoms with van der Waals surface area (Å²) in [6, 6.07) is 22.7. The molecule has 1 atom stereocenters. The minimum Gasteiger partial charge on any atom is -0.352 e. The monoisotopic (exact) mass is 551 g/mol. The highest BCUT2D eigenvalue weighted by molar-refractivity contribution is 7.92. The number of anilines is 1. The second-order valence-corrected chi connectivity index (χ2v) is 11.8. The number of amides is 2. The molecule has 0 spiro atoms. The molecule has 1 aliphatic rings. The molecule has 0 unspecified atom stereocenters. The smallest absolute Gasteiger partial charge is 0.244 e. The minimum atomic E-state index is -3.84. The first-order valence-electron chi connectivity index (χ1n) is 13.1. The predicted molar refractivity (Wildman–Crippen MR) is 150 cm³/mol. The molecule has 1 fully saturated rings. The molecular weight excluding hydrogens is 517 g/mol. The molecule has 0 bridgehead atoms. The molecule has 7 nitrogen and oxygen atoms in total. The highest BCUT2D eigenvalue weighted by Gasteiger charge is 2.34. The summed E-state index contributed by atoms with van der Waals surface area (Å²) in [5.41, 5.74) is 1.40. The van der Waals surface area contributed by atoms with Gasteiger partial charge >= 0.3 is 0 Å². The van der Waals surface area contributed by atoms with Gasteiger partial charge in [-0.3, -0.25) is 13.9 Å². The van der Waals surface area contributed by atoms with Crippen molar-refractivity contribution in [3.8, 4) is 0 Å². The molecular formula is C30H34FN3O4S. The maximum atomic E-state index is 14.8. The number of rotatable bonds is 11. The molecule has 0 saturated heterocycles. The number of carbonyl (C=O) groups excluding carboxylic acids is 2. The minimum absolute atomic E-state index is 0.0121. The molecule has 206 valence electrons. The van der Waals surface area contributed by atoms with Crippen LogP contribution in [0.15, 0.2) is 84.9 Å². The highest BCUT2D eigenvalue weighted by Crippen LogP contribution is 2.22. The van der Waals surface area contributed by atoms with Crippen molar-refractivity contribution >= 4 is 27.5 Å². The molecule has 39 heavy (non-hydrogen) atoms. The van der Waals surface area contributed by atoms with Gasteiger partial charge < -0.3 is 10.2 Å². The maximum Gasteiger partial charge on any atom is 0.244 e. The lowest BCUT2D eigenvalue weighted by Crippen LogP contribution is -2.54. The van der Waals surface area contributed by atoms with Crippen molar-refractivity contribution in [2.45, 2.75) is 50.7 Å².